The lowest BCUT2D eigenvalue weighted by molar-refractivity contribution is -0.122. The summed E-state index contributed by atoms with van der Waals surface area (Å²) in [6.07, 6.45) is 4.04. The number of rotatable bonds is 7. The Kier molecular flexibility index (Phi) is 6.08. The van der Waals surface area contributed by atoms with Gasteiger partial charge in [-0.1, -0.05) is 0 Å². The maximum Gasteiger partial charge on any atom is 0.242 e. The van der Waals surface area contributed by atoms with E-state index in [1.165, 1.54) is 0 Å². The molecule has 6 nitrogen and oxygen atoms in total. The van der Waals surface area contributed by atoms with Gasteiger partial charge >= 0.3 is 0 Å². The summed E-state index contributed by atoms with van der Waals surface area (Å²) >= 11 is 0. The third-order valence-electron chi connectivity index (χ3n) is 2.99. The van der Waals surface area contributed by atoms with Crippen molar-refractivity contribution in [3.63, 3.8) is 0 Å². The number of aromatic nitrogens is 1. The summed E-state index contributed by atoms with van der Waals surface area (Å²) in [5.41, 5.74) is 7.21. The SMILES string of the molecule is COCCCNC(=O)C(C)N(C)c1ccncc1N. The van der Waals surface area contributed by atoms with Crippen LogP contribution in [0, 0.1) is 0 Å². The van der Waals surface area contributed by atoms with E-state index in [1.807, 2.05) is 18.9 Å². The second-order valence-corrected chi connectivity index (χ2v) is 4.36. The van der Waals surface area contributed by atoms with Gasteiger partial charge in [-0.2, -0.15) is 0 Å². The molecule has 0 aliphatic rings. The summed E-state index contributed by atoms with van der Waals surface area (Å²) in [4.78, 5) is 17.8. The Bertz CT molecular complexity index is 411. The maximum absolute atomic E-state index is 12.0. The molecule has 1 amide bonds. The van der Waals surface area contributed by atoms with Crippen LogP contribution in [0.1, 0.15) is 13.3 Å². The van der Waals surface area contributed by atoms with Gasteiger partial charge in [0.2, 0.25) is 5.91 Å². The zero-order chi connectivity index (χ0) is 14.3. The minimum absolute atomic E-state index is 0.0326. The summed E-state index contributed by atoms with van der Waals surface area (Å²) in [6.45, 7) is 3.09. The molecule has 1 unspecified atom stereocenters. The number of anilines is 2. The molecule has 19 heavy (non-hydrogen) atoms. The molecule has 0 aromatic carbocycles. The number of nitrogens with zero attached hydrogens (tertiary/aromatic N) is 2. The van der Waals surface area contributed by atoms with Gasteiger partial charge in [0.25, 0.3) is 0 Å². The van der Waals surface area contributed by atoms with Crippen LogP contribution in [0.2, 0.25) is 0 Å². The van der Waals surface area contributed by atoms with Gasteiger partial charge in [-0.25, -0.2) is 0 Å². The Morgan fingerprint density at radius 3 is 3.00 bits per heavy atom. The van der Waals surface area contributed by atoms with E-state index in [0.717, 1.165) is 12.1 Å². The third-order valence-corrected chi connectivity index (χ3v) is 2.99. The molecular formula is C13H22N4O2. The van der Waals surface area contributed by atoms with Crippen LogP contribution >= 0.6 is 0 Å². The molecule has 1 aromatic rings. The molecule has 6 heteroatoms. The van der Waals surface area contributed by atoms with Crippen molar-refractivity contribution in [2.45, 2.75) is 19.4 Å². The van der Waals surface area contributed by atoms with E-state index in [9.17, 15) is 4.79 Å². The first kappa shape index (κ1) is 15.2. The number of nitrogen functional groups attached to an aromatic ring is 1. The number of likely N-dealkylation sites (N-methyl/N-ethyl adjacent to an activating group) is 1. The highest BCUT2D eigenvalue weighted by atomic mass is 16.5. The molecule has 106 valence electrons. The lowest BCUT2D eigenvalue weighted by Crippen LogP contribution is -2.44. The highest BCUT2D eigenvalue weighted by molar-refractivity contribution is 5.85. The monoisotopic (exact) mass is 266 g/mol. The number of pyridine rings is 1. The largest absolute Gasteiger partial charge is 0.396 e. The van der Waals surface area contributed by atoms with Gasteiger partial charge in [-0.05, 0) is 19.4 Å². The van der Waals surface area contributed by atoms with Gasteiger partial charge in [0, 0.05) is 33.5 Å². The minimum Gasteiger partial charge on any atom is -0.396 e. The van der Waals surface area contributed by atoms with Crippen molar-refractivity contribution in [3.05, 3.63) is 18.5 Å². The Labute approximate surface area is 113 Å². The van der Waals surface area contributed by atoms with Crippen LogP contribution < -0.4 is 16.0 Å². The molecule has 1 atom stereocenters. The zero-order valence-electron chi connectivity index (χ0n) is 11.7. The van der Waals surface area contributed by atoms with E-state index in [2.05, 4.69) is 10.3 Å². The van der Waals surface area contributed by atoms with Crippen LogP contribution in [0.25, 0.3) is 0 Å². The molecule has 3 N–H and O–H groups in total. The second kappa shape index (κ2) is 7.58. The lowest BCUT2D eigenvalue weighted by atomic mass is 10.2. The van der Waals surface area contributed by atoms with Gasteiger partial charge in [-0.3, -0.25) is 9.78 Å². The number of nitrogens with two attached hydrogens (primary N) is 1. The summed E-state index contributed by atoms with van der Waals surface area (Å²) in [6, 6.07) is 1.50. The van der Waals surface area contributed by atoms with Crippen molar-refractivity contribution in [2.75, 3.05) is 37.9 Å². The smallest absolute Gasteiger partial charge is 0.242 e. The zero-order valence-corrected chi connectivity index (χ0v) is 11.7. The Morgan fingerprint density at radius 2 is 2.37 bits per heavy atom. The summed E-state index contributed by atoms with van der Waals surface area (Å²) in [5.74, 6) is -0.0326. The molecule has 0 spiro atoms. The molecule has 0 fully saturated rings. The average molecular weight is 266 g/mol. The van der Waals surface area contributed by atoms with Crippen molar-refractivity contribution in [2.24, 2.45) is 0 Å². The number of hydrogen-bond acceptors (Lipinski definition) is 5. The number of carbonyl (C=O) groups is 1. The summed E-state index contributed by atoms with van der Waals surface area (Å²) in [5, 5.41) is 2.87. The fraction of sp³-hybridized carbons (Fsp3) is 0.538. The van der Waals surface area contributed by atoms with E-state index in [4.69, 9.17) is 10.5 Å². The molecule has 0 radical (unpaired) electrons. The van der Waals surface area contributed by atoms with Crippen LogP contribution in [-0.2, 0) is 9.53 Å². The third kappa shape index (κ3) is 4.40. The van der Waals surface area contributed by atoms with Crippen LogP contribution in [0.4, 0.5) is 11.4 Å². The van der Waals surface area contributed by atoms with E-state index in [1.54, 1.807) is 25.6 Å². The quantitative estimate of drug-likeness (QED) is 0.708. The van der Waals surface area contributed by atoms with E-state index in [0.29, 0.717) is 18.8 Å². The van der Waals surface area contributed by atoms with E-state index < -0.39 is 0 Å². The van der Waals surface area contributed by atoms with E-state index >= 15 is 0 Å². The maximum atomic E-state index is 12.0. The van der Waals surface area contributed by atoms with Crippen LogP contribution in [0.15, 0.2) is 18.5 Å². The van der Waals surface area contributed by atoms with Crippen LogP contribution in [0.3, 0.4) is 0 Å². The Morgan fingerprint density at radius 1 is 1.63 bits per heavy atom. The first-order valence-electron chi connectivity index (χ1n) is 6.27. The molecule has 1 heterocycles. The highest BCUT2D eigenvalue weighted by Crippen LogP contribution is 2.21. The highest BCUT2D eigenvalue weighted by Gasteiger charge is 2.19. The number of carbonyl (C=O) groups excluding carboxylic acids is 1. The predicted octanol–water partition coefficient (Wildman–Crippen LogP) is 0.641. The van der Waals surface area contributed by atoms with Crippen molar-refractivity contribution in [1.29, 1.82) is 0 Å². The molecule has 0 bridgehead atoms. The number of amides is 1. The standard InChI is InChI=1S/C13H22N4O2/c1-10(13(18)16-6-4-8-19-3)17(2)12-5-7-15-9-11(12)14/h5,7,9-10H,4,6,8,14H2,1-3H3,(H,16,18). The molecule has 1 aromatic heterocycles. The number of hydrogen-bond donors (Lipinski definition) is 2. The second-order valence-electron chi connectivity index (χ2n) is 4.36. The first-order chi connectivity index (χ1) is 9.07. The normalized spacial score (nSPS) is 11.9. The number of nitrogens with one attached hydrogen (secondary N) is 1. The van der Waals surface area contributed by atoms with Gasteiger partial charge in [0.1, 0.15) is 6.04 Å². The molecule has 1 rings (SSSR count). The van der Waals surface area contributed by atoms with Crippen molar-refractivity contribution < 1.29 is 9.53 Å². The predicted molar refractivity (Wildman–Crippen MR) is 76.0 cm³/mol. The molecule has 0 aliphatic carbocycles. The first-order valence-corrected chi connectivity index (χ1v) is 6.27. The molecule has 0 saturated carbocycles. The summed E-state index contributed by atoms with van der Waals surface area (Å²) < 4.78 is 4.93. The summed E-state index contributed by atoms with van der Waals surface area (Å²) in [7, 11) is 3.48. The van der Waals surface area contributed by atoms with Gasteiger partial charge in [0.05, 0.1) is 17.6 Å². The van der Waals surface area contributed by atoms with Crippen molar-refractivity contribution in [1.82, 2.24) is 10.3 Å². The topological polar surface area (TPSA) is 80.5 Å². The number of ether oxygens (including phenoxy) is 1. The minimum atomic E-state index is -0.299. The van der Waals surface area contributed by atoms with Crippen molar-refractivity contribution >= 4 is 17.3 Å². The Balaban J connectivity index is 2.54. The van der Waals surface area contributed by atoms with Gasteiger partial charge in [-0.15, -0.1) is 0 Å². The fourth-order valence-corrected chi connectivity index (χ4v) is 1.68. The number of methoxy groups -OCH3 is 1. The molecule has 0 saturated heterocycles. The molecule has 0 aliphatic heterocycles. The Hall–Kier alpha value is -1.82. The van der Waals surface area contributed by atoms with Crippen LogP contribution in [0.5, 0.6) is 0 Å². The molecular weight excluding hydrogens is 244 g/mol. The van der Waals surface area contributed by atoms with Crippen molar-refractivity contribution in [3.8, 4) is 0 Å². The van der Waals surface area contributed by atoms with Gasteiger partial charge in [0.15, 0.2) is 0 Å². The van der Waals surface area contributed by atoms with Gasteiger partial charge < -0.3 is 20.7 Å². The average Bonchev–Trinajstić information content (AvgIpc) is 2.42. The lowest BCUT2D eigenvalue weighted by Gasteiger charge is -2.27. The van der Waals surface area contributed by atoms with Crippen LogP contribution in [-0.4, -0.2) is 44.2 Å². The van der Waals surface area contributed by atoms with E-state index in [-0.39, 0.29) is 11.9 Å². The fourth-order valence-electron chi connectivity index (χ4n) is 1.68.